The van der Waals surface area contributed by atoms with Crippen LogP contribution in [0.1, 0.15) is 5.56 Å². The fourth-order valence-corrected chi connectivity index (χ4v) is 1.55. The van der Waals surface area contributed by atoms with Crippen LogP contribution in [0.25, 0.3) is 11.1 Å². The van der Waals surface area contributed by atoms with Crippen molar-refractivity contribution in [1.29, 1.82) is 0 Å². The highest BCUT2D eigenvalue weighted by Gasteiger charge is 2.13. The van der Waals surface area contributed by atoms with Crippen LogP contribution >= 0.6 is 0 Å². The zero-order valence-corrected chi connectivity index (χ0v) is 9.77. The quantitative estimate of drug-likeness (QED) is 0.618. The fraction of sp³-hybridized carbons (Fsp3) is 0.182. The second-order valence-corrected chi connectivity index (χ2v) is 3.48. The molecular formula is C11H12N4O3. The van der Waals surface area contributed by atoms with Gasteiger partial charge >= 0.3 is 0 Å². The van der Waals surface area contributed by atoms with Crippen molar-refractivity contribution in [3.8, 4) is 0 Å². The first-order valence-electron chi connectivity index (χ1n) is 5.13. The van der Waals surface area contributed by atoms with Crippen LogP contribution in [0.2, 0.25) is 0 Å². The maximum atomic E-state index is 11.5. The number of aromatic nitrogens is 2. The van der Waals surface area contributed by atoms with E-state index in [1.807, 2.05) is 0 Å². The van der Waals surface area contributed by atoms with Gasteiger partial charge < -0.3 is 14.9 Å². The number of hydrogen-bond acceptors (Lipinski definition) is 6. The van der Waals surface area contributed by atoms with E-state index in [4.69, 9.17) is 14.9 Å². The van der Waals surface area contributed by atoms with E-state index in [0.717, 1.165) is 0 Å². The van der Waals surface area contributed by atoms with Crippen LogP contribution in [-0.4, -0.2) is 23.0 Å². The number of nitrogens with one attached hydrogen (secondary N) is 1. The average Bonchev–Trinajstić information content (AvgIpc) is 2.72. The van der Waals surface area contributed by atoms with Crippen molar-refractivity contribution in [2.24, 2.45) is 4.99 Å². The van der Waals surface area contributed by atoms with Gasteiger partial charge in [-0.15, -0.1) is 0 Å². The molecule has 0 aliphatic rings. The molecule has 0 saturated carbocycles. The lowest BCUT2D eigenvalue weighted by Crippen LogP contribution is -2.11. The van der Waals surface area contributed by atoms with E-state index < -0.39 is 5.56 Å². The minimum atomic E-state index is -0.414. The maximum absolute atomic E-state index is 11.5. The molecule has 0 aliphatic heterocycles. The highest BCUT2D eigenvalue weighted by Crippen LogP contribution is 2.17. The van der Waals surface area contributed by atoms with Crippen LogP contribution in [0.5, 0.6) is 0 Å². The summed E-state index contributed by atoms with van der Waals surface area (Å²) >= 11 is 0. The highest BCUT2D eigenvalue weighted by atomic mass is 16.5. The summed E-state index contributed by atoms with van der Waals surface area (Å²) in [6.45, 7) is 3.49. The van der Waals surface area contributed by atoms with Gasteiger partial charge in [-0.05, 0) is 0 Å². The van der Waals surface area contributed by atoms with Gasteiger partial charge in [-0.1, -0.05) is 6.58 Å². The lowest BCUT2D eigenvalue weighted by atomic mass is 10.2. The lowest BCUT2D eigenvalue weighted by molar-refractivity contribution is 0.394. The van der Waals surface area contributed by atoms with Gasteiger partial charge in [-0.3, -0.25) is 9.78 Å². The summed E-state index contributed by atoms with van der Waals surface area (Å²) in [4.78, 5) is 21.9. The molecule has 3 N–H and O–H groups in total. The third-order valence-electron chi connectivity index (χ3n) is 2.33. The SMILES string of the molecule is C=CN=C(Cc1coc2c(=O)[nH]c(N)nc12)OC. The molecule has 0 amide bonds. The number of rotatable bonds is 3. The normalized spacial score (nSPS) is 11.7. The Hall–Kier alpha value is -2.57. The molecular weight excluding hydrogens is 236 g/mol. The number of ether oxygens (including phenoxy) is 1. The number of fused-ring (bicyclic) bond motifs is 1. The number of hydrogen-bond donors (Lipinski definition) is 2. The Balaban J connectivity index is 2.49. The number of nitrogens with two attached hydrogens (primary N) is 1. The third kappa shape index (κ3) is 2.10. The summed E-state index contributed by atoms with van der Waals surface area (Å²) in [7, 11) is 1.50. The molecule has 0 fully saturated rings. The summed E-state index contributed by atoms with van der Waals surface area (Å²) in [5.74, 6) is 0.475. The molecule has 0 saturated heterocycles. The maximum Gasteiger partial charge on any atom is 0.295 e. The monoisotopic (exact) mass is 248 g/mol. The van der Waals surface area contributed by atoms with Crippen molar-refractivity contribution in [2.45, 2.75) is 6.42 Å². The van der Waals surface area contributed by atoms with Crippen molar-refractivity contribution < 1.29 is 9.15 Å². The Morgan fingerprint density at radius 2 is 2.56 bits per heavy atom. The number of nitrogen functional groups attached to an aromatic ring is 1. The van der Waals surface area contributed by atoms with Gasteiger partial charge in [0.1, 0.15) is 5.52 Å². The van der Waals surface area contributed by atoms with Crippen molar-refractivity contribution in [3.05, 3.63) is 35.0 Å². The van der Waals surface area contributed by atoms with E-state index >= 15 is 0 Å². The Labute approximate surface area is 102 Å². The number of aliphatic imine (C=N–C) groups is 1. The van der Waals surface area contributed by atoms with Gasteiger partial charge in [0.05, 0.1) is 19.8 Å². The second kappa shape index (κ2) is 4.74. The number of H-pyrrole nitrogens is 1. The number of anilines is 1. The van der Waals surface area contributed by atoms with Gasteiger partial charge in [0.25, 0.3) is 5.56 Å². The smallest absolute Gasteiger partial charge is 0.295 e. The molecule has 0 atom stereocenters. The standard InChI is InChI=1S/C11H12N4O3/c1-3-13-7(17-2)4-6-5-18-9-8(6)14-11(12)15-10(9)16/h3,5H,1,4H2,2H3,(H3,12,14,15,16). The van der Waals surface area contributed by atoms with E-state index in [1.54, 1.807) is 0 Å². The molecule has 0 unspecified atom stereocenters. The molecule has 7 nitrogen and oxygen atoms in total. The van der Waals surface area contributed by atoms with E-state index in [-0.39, 0.29) is 11.5 Å². The van der Waals surface area contributed by atoms with Crippen LogP contribution < -0.4 is 11.3 Å². The minimum Gasteiger partial charge on any atom is -0.484 e. The molecule has 7 heteroatoms. The summed E-state index contributed by atoms with van der Waals surface area (Å²) in [6.07, 6.45) is 3.14. The van der Waals surface area contributed by atoms with Gasteiger partial charge in [0, 0.05) is 11.8 Å². The largest absolute Gasteiger partial charge is 0.484 e. The molecule has 0 spiro atoms. The molecule has 0 radical (unpaired) electrons. The van der Waals surface area contributed by atoms with E-state index in [2.05, 4.69) is 21.5 Å². The molecule has 2 aromatic rings. The van der Waals surface area contributed by atoms with Crippen LogP contribution in [0, 0.1) is 0 Å². The predicted molar refractivity (Wildman–Crippen MR) is 67.4 cm³/mol. The second-order valence-electron chi connectivity index (χ2n) is 3.48. The van der Waals surface area contributed by atoms with E-state index in [9.17, 15) is 4.79 Å². The number of aromatic amines is 1. The summed E-state index contributed by atoms with van der Waals surface area (Å²) in [6, 6.07) is 0. The molecule has 18 heavy (non-hydrogen) atoms. The molecule has 2 aromatic heterocycles. The van der Waals surface area contributed by atoms with Crippen LogP contribution in [0.4, 0.5) is 5.95 Å². The van der Waals surface area contributed by atoms with Crippen molar-refractivity contribution in [1.82, 2.24) is 9.97 Å². The average molecular weight is 248 g/mol. The first-order valence-corrected chi connectivity index (χ1v) is 5.13. The summed E-state index contributed by atoms with van der Waals surface area (Å²) in [5, 5.41) is 0. The zero-order chi connectivity index (χ0) is 13.1. The van der Waals surface area contributed by atoms with Crippen molar-refractivity contribution in [2.75, 3.05) is 12.8 Å². The Morgan fingerprint density at radius 1 is 1.78 bits per heavy atom. The van der Waals surface area contributed by atoms with Crippen molar-refractivity contribution >= 4 is 22.9 Å². The first kappa shape index (κ1) is 11.9. The molecule has 0 aromatic carbocycles. The fourth-order valence-electron chi connectivity index (χ4n) is 1.55. The molecule has 0 bridgehead atoms. The molecule has 2 heterocycles. The van der Waals surface area contributed by atoms with E-state index in [0.29, 0.717) is 23.4 Å². The van der Waals surface area contributed by atoms with Gasteiger partial charge in [-0.25, -0.2) is 9.98 Å². The van der Waals surface area contributed by atoms with Crippen LogP contribution in [0.15, 0.2) is 33.2 Å². The van der Waals surface area contributed by atoms with Gasteiger partial charge in [0.15, 0.2) is 5.90 Å². The highest BCUT2D eigenvalue weighted by molar-refractivity contribution is 5.85. The van der Waals surface area contributed by atoms with Gasteiger partial charge in [-0.2, -0.15) is 0 Å². The van der Waals surface area contributed by atoms with Crippen LogP contribution in [-0.2, 0) is 11.2 Å². The zero-order valence-electron chi connectivity index (χ0n) is 9.77. The molecule has 2 rings (SSSR count). The Kier molecular flexibility index (Phi) is 3.13. The summed E-state index contributed by atoms with van der Waals surface area (Å²) in [5.41, 5.74) is 6.29. The first-order chi connectivity index (χ1) is 8.65. The van der Waals surface area contributed by atoms with Crippen molar-refractivity contribution in [3.63, 3.8) is 0 Å². The summed E-state index contributed by atoms with van der Waals surface area (Å²) < 4.78 is 10.2. The topological polar surface area (TPSA) is 106 Å². The van der Waals surface area contributed by atoms with E-state index in [1.165, 1.54) is 19.6 Å². The third-order valence-corrected chi connectivity index (χ3v) is 2.33. The molecule has 94 valence electrons. The van der Waals surface area contributed by atoms with Crippen LogP contribution in [0.3, 0.4) is 0 Å². The predicted octanol–water partition coefficient (Wildman–Crippen LogP) is 0.829. The minimum absolute atomic E-state index is 0.0368. The molecule has 0 aliphatic carbocycles. The number of methoxy groups -OCH3 is 1. The Bertz CT molecular complexity index is 668. The Morgan fingerprint density at radius 3 is 3.22 bits per heavy atom. The van der Waals surface area contributed by atoms with Gasteiger partial charge in [0.2, 0.25) is 11.5 Å². The number of nitrogens with zero attached hydrogens (tertiary/aromatic N) is 2. The lowest BCUT2D eigenvalue weighted by Gasteiger charge is -2.01. The number of furan rings is 1.